The summed E-state index contributed by atoms with van der Waals surface area (Å²) in [5, 5.41) is 0. The number of benzene rings is 1. The van der Waals surface area contributed by atoms with Gasteiger partial charge in [-0.3, -0.25) is 0 Å². The normalized spacial score (nSPS) is 11.8. The Kier molecular flexibility index (Phi) is 4.81. The maximum Gasteiger partial charge on any atom is 0.359 e. The highest BCUT2D eigenvalue weighted by Gasteiger charge is 2.23. The van der Waals surface area contributed by atoms with Crippen LogP contribution in [0.25, 0.3) is 12.2 Å². The molecule has 1 aromatic heterocycles. The van der Waals surface area contributed by atoms with E-state index in [1.54, 1.807) is 6.92 Å². The Morgan fingerprint density at radius 1 is 1.23 bits per heavy atom. The van der Waals surface area contributed by atoms with Crippen LogP contribution in [0.2, 0.25) is 0 Å². The molecular weight excluding hydrogens is 276 g/mol. The maximum absolute atomic E-state index is 12.1. The van der Waals surface area contributed by atoms with Gasteiger partial charge in [-0.15, -0.1) is 0 Å². The average molecular weight is 298 g/mol. The van der Waals surface area contributed by atoms with Crippen LogP contribution >= 0.6 is 0 Å². The summed E-state index contributed by atoms with van der Waals surface area (Å²) in [6, 6.07) is 9.91. The van der Waals surface area contributed by atoms with Gasteiger partial charge in [0, 0.05) is 5.41 Å². The zero-order chi connectivity index (χ0) is 16.2. The van der Waals surface area contributed by atoms with Gasteiger partial charge < -0.3 is 9.72 Å². The highest BCUT2D eigenvalue weighted by Crippen LogP contribution is 2.22. The van der Waals surface area contributed by atoms with Gasteiger partial charge in [0.15, 0.2) is 5.69 Å². The quantitative estimate of drug-likeness (QED) is 0.866. The Hall–Kier alpha value is -2.36. The van der Waals surface area contributed by atoms with Crippen molar-refractivity contribution < 1.29 is 9.53 Å². The Morgan fingerprint density at radius 2 is 1.91 bits per heavy atom. The molecule has 4 nitrogen and oxygen atoms in total. The zero-order valence-corrected chi connectivity index (χ0v) is 13.5. The lowest BCUT2D eigenvalue weighted by Gasteiger charge is -2.13. The van der Waals surface area contributed by atoms with Crippen LogP contribution in [-0.2, 0) is 10.2 Å². The van der Waals surface area contributed by atoms with Crippen molar-refractivity contribution >= 4 is 18.1 Å². The van der Waals surface area contributed by atoms with E-state index in [4.69, 9.17) is 4.74 Å². The number of H-pyrrole nitrogens is 1. The first-order valence-corrected chi connectivity index (χ1v) is 7.42. The van der Waals surface area contributed by atoms with Gasteiger partial charge in [-0.1, -0.05) is 57.2 Å². The number of imidazole rings is 1. The number of rotatable bonds is 4. The monoisotopic (exact) mass is 298 g/mol. The summed E-state index contributed by atoms with van der Waals surface area (Å²) >= 11 is 0. The molecule has 0 atom stereocenters. The lowest BCUT2D eigenvalue weighted by Crippen LogP contribution is -2.14. The topological polar surface area (TPSA) is 55.0 Å². The Balaban J connectivity index is 2.38. The van der Waals surface area contributed by atoms with E-state index in [1.807, 2.05) is 63.3 Å². The number of nitrogens with one attached hydrogen (secondary N) is 1. The molecule has 0 saturated heterocycles. The van der Waals surface area contributed by atoms with Gasteiger partial charge in [0.25, 0.3) is 0 Å². The van der Waals surface area contributed by atoms with E-state index >= 15 is 0 Å². The summed E-state index contributed by atoms with van der Waals surface area (Å²) in [6.07, 6.45) is 3.81. The summed E-state index contributed by atoms with van der Waals surface area (Å²) < 4.78 is 5.09. The minimum absolute atomic E-state index is 0.167. The Morgan fingerprint density at radius 3 is 2.50 bits per heavy atom. The summed E-state index contributed by atoms with van der Waals surface area (Å²) in [6.45, 7) is 8.26. The second-order valence-corrected chi connectivity index (χ2v) is 6.06. The molecule has 0 fully saturated rings. The molecule has 0 radical (unpaired) electrons. The van der Waals surface area contributed by atoms with Crippen molar-refractivity contribution in [3.63, 3.8) is 0 Å². The van der Waals surface area contributed by atoms with E-state index < -0.39 is 5.97 Å². The van der Waals surface area contributed by atoms with Crippen molar-refractivity contribution in [3.05, 3.63) is 53.1 Å². The summed E-state index contributed by atoms with van der Waals surface area (Å²) in [7, 11) is 0. The van der Waals surface area contributed by atoms with Crippen LogP contribution in [0.15, 0.2) is 30.3 Å². The van der Waals surface area contributed by atoms with Gasteiger partial charge in [-0.25, -0.2) is 9.78 Å². The number of carbonyl (C=O) groups excluding carboxylic acids is 1. The second kappa shape index (κ2) is 6.60. The van der Waals surface area contributed by atoms with Crippen molar-refractivity contribution in [3.8, 4) is 0 Å². The van der Waals surface area contributed by atoms with Crippen molar-refractivity contribution in [2.45, 2.75) is 33.1 Å². The smallest absolute Gasteiger partial charge is 0.359 e. The van der Waals surface area contributed by atoms with Crippen LogP contribution in [0.5, 0.6) is 0 Å². The maximum atomic E-state index is 12.1. The van der Waals surface area contributed by atoms with Crippen LogP contribution in [0, 0.1) is 0 Å². The third-order valence-electron chi connectivity index (χ3n) is 3.15. The number of carbonyl (C=O) groups is 1. The predicted octanol–water partition coefficient (Wildman–Crippen LogP) is 4.05. The average Bonchev–Trinajstić information content (AvgIpc) is 2.91. The standard InChI is InChI=1S/C18H22N2O2/c1-5-22-16(21)15-14(19-17(20-15)18(2,3)4)12-11-13-9-7-6-8-10-13/h6-12H,5H2,1-4H3,(H,19,20)/b12-11+. The zero-order valence-electron chi connectivity index (χ0n) is 13.5. The first-order valence-electron chi connectivity index (χ1n) is 7.42. The molecule has 0 aliphatic rings. The van der Waals surface area contributed by atoms with E-state index in [-0.39, 0.29) is 5.41 Å². The first kappa shape index (κ1) is 16.0. The lowest BCUT2D eigenvalue weighted by molar-refractivity contribution is 0.0519. The molecule has 0 saturated carbocycles. The fraction of sp³-hybridized carbons (Fsp3) is 0.333. The molecular formula is C18H22N2O2. The molecule has 0 amide bonds. The molecule has 4 heteroatoms. The summed E-state index contributed by atoms with van der Waals surface area (Å²) in [5.41, 5.74) is 1.90. The fourth-order valence-electron chi connectivity index (χ4n) is 1.96. The molecule has 0 spiro atoms. The highest BCUT2D eigenvalue weighted by atomic mass is 16.5. The molecule has 0 aliphatic carbocycles. The van der Waals surface area contributed by atoms with Crippen LogP contribution in [-0.4, -0.2) is 22.5 Å². The van der Waals surface area contributed by atoms with Gasteiger partial charge in [-0.2, -0.15) is 0 Å². The van der Waals surface area contributed by atoms with Crippen molar-refractivity contribution in [2.24, 2.45) is 0 Å². The molecule has 0 bridgehead atoms. The minimum atomic E-state index is -0.401. The summed E-state index contributed by atoms with van der Waals surface area (Å²) in [4.78, 5) is 19.7. The SMILES string of the molecule is CCOC(=O)c1nc(C(C)(C)C)[nH]c1/C=C/c1ccccc1. The molecule has 1 aromatic carbocycles. The third-order valence-corrected chi connectivity index (χ3v) is 3.15. The van der Waals surface area contributed by atoms with E-state index in [2.05, 4.69) is 9.97 Å². The number of aromatic nitrogens is 2. The summed E-state index contributed by atoms with van der Waals surface area (Å²) in [5.74, 6) is 0.366. The Bertz CT molecular complexity index is 664. The highest BCUT2D eigenvalue weighted by molar-refractivity contribution is 5.92. The van der Waals surface area contributed by atoms with Gasteiger partial charge in [-0.05, 0) is 18.6 Å². The molecule has 116 valence electrons. The predicted molar refractivity (Wildman–Crippen MR) is 88.6 cm³/mol. The fourth-order valence-corrected chi connectivity index (χ4v) is 1.96. The molecule has 1 heterocycles. The number of nitrogens with zero attached hydrogens (tertiary/aromatic N) is 1. The lowest BCUT2D eigenvalue weighted by atomic mass is 9.96. The number of esters is 1. The van der Waals surface area contributed by atoms with E-state index in [1.165, 1.54) is 0 Å². The van der Waals surface area contributed by atoms with E-state index in [0.29, 0.717) is 18.0 Å². The molecule has 22 heavy (non-hydrogen) atoms. The van der Waals surface area contributed by atoms with Crippen molar-refractivity contribution in [2.75, 3.05) is 6.61 Å². The van der Waals surface area contributed by atoms with Crippen molar-refractivity contribution in [1.29, 1.82) is 0 Å². The third kappa shape index (κ3) is 3.85. The van der Waals surface area contributed by atoms with Crippen LogP contribution < -0.4 is 0 Å². The number of ether oxygens (including phenoxy) is 1. The van der Waals surface area contributed by atoms with Gasteiger partial charge in [0.05, 0.1) is 12.3 Å². The van der Waals surface area contributed by atoms with Gasteiger partial charge in [0.2, 0.25) is 0 Å². The van der Waals surface area contributed by atoms with E-state index in [0.717, 1.165) is 11.4 Å². The van der Waals surface area contributed by atoms with Gasteiger partial charge >= 0.3 is 5.97 Å². The van der Waals surface area contributed by atoms with Gasteiger partial charge in [0.1, 0.15) is 5.82 Å². The second-order valence-electron chi connectivity index (χ2n) is 6.06. The van der Waals surface area contributed by atoms with E-state index in [9.17, 15) is 4.79 Å². The number of aromatic amines is 1. The molecule has 2 rings (SSSR count). The van der Waals surface area contributed by atoms with Crippen LogP contribution in [0.4, 0.5) is 0 Å². The largest absolute Gasteiger partial charge is 0.461 e. The molecule has 2 aromatic rings. The number of hydrogen-bond acceptors (Lipinski definition) is 3. The van der Waals surface area contributed by atoms with Crippen LogP contribution in [0.3, 0.4) is 0 Å². The molecule has 0 unspecified atom stereocenters. The molecule has 1 N–H and O–H groups in total. The minimum Gasteiger partial charge on any atom is -0.461 e. The first-order chi connectivity index (χ1) is 10.4. The number of hydrogen-bond donors (Lipinski definition) is 1. The molecule has 0 aliphatic heterocycles. The van der Waals surface area contributed by atoms with Crippen LogP contribution in [0.1, 0.15) is 55.3 Å². The Labute approximate surface area is 131 Å². The van der Waals surface area contributed by atoms with Crippen molar-refractivity contribution in [1.82, 2.24) is 9.97 Å².